The zero-order valence-corrected chi connectivity index (χ0v) is 9.70. The zero-order chi connectivity index (χ0) is 11.5. The van der Waals surface area contributed by atoms with Crippen LogP contribution in [0.15, 0.2) is 30.5 Å². The first-order chi connectivity index (χ1) is 7.70. The third kappa shape index (κ3) is 2.19. The molecule has 0 radical (unpaired) electrons. The van der Waals surface area contributed by atoms with Gasteiger partial charge in [-0.1, -0.05) is 6.07 Å². The Kier molecular flexibility index (Phi) is 3.15. The van der Waals surface area contributed by atoms with Gasteiger partial charge in [-0.15, -0.1) is 11.6 Å². The van der Waals surface area contributed by atoms with Crippen LogP contribution in [-0.4, -0.2) is 22.0 Å². The Labute approximate surface area is 99.1 Å². The third-order valence-electron chi connectivity index (χ3n) is 2.36. The second kappa shape index (κ2) is 4.58. The molecule has 1 unspecified atom stereocenters. The minimum atomic E-state index is 0.141. The van der Waals surface area contributed by atoms with E-state index in [2.05, 4.69) is 10.3 Å². The summed E-state index contributed by atoms with van der Waals surface area (Å²) in [7, 11) is 0. The van der Waals surface area contributed by atoms with Crippen LogP contribution in [0.5, 0.6) is 5.75 Å². The van der Waals surface area contributed by atoms with Crippen LogP contribution >= 0.6 is 11.6 Å². The molecule has 0 saturated carbocycles. The van der Waals surface area contributed by atoms with Crippen molar-refractivity contribution in [2.45, 2.75) is 13.0 Å². The standard InChI is InChI=1S/C12H13ClN2O/c1-8(7-13)15-12-11-6-10(16)3-2-9(11)4-5-14-12/h2-6,8,16H,7H2,1H3,(H,14,15). The van der Waals surface area contributed by atoms with E-state index in [1.165, 1.54) is 0 Å². The second-order valence-corrected chi connectivity index (χ2v) is 4.07. The van der Waals surface area contributed by atoms with E-state index in [1.54, 1.807) is 18.3 Å². The van der Waals surface area contributed by atoms with Gasteiger partial charge < -0.3 is 10.4 Å². The molecule has 0 fully saturated rings. The van der Waals surface area contributed by atoms with Crippen molar-refractivity contribution in [3.05, 3.63) is 30.5 Å². The lowest BCUT2D eigenvalue weighted by molar-refractivity contribution is 0.476. The van der Waals surface area contributed by atoms with Gasteiger partial charge in [-0.2, -0.15) is 0 Å². The van der Waals surface area contributed by atoms with Crippen LogP contribution in [0.3, 0.4) is 0 Å². The Balaban J connectivity index is 2.47. The molecule has 0 amide bonds. The van der Waals surface area contributed by atoms with Crippen molar-refractivity contribution >= 4 is 28.2 Å². The molecule has 0 aliphatic heterocycles. The molecule has 2 rings (SSSR count). The van der Waals surface area contributed by atoms with Crippen molar-refractivity contribution in [2.75, 3.05) is 11.2 Å². The van der Waals surface area contributed by atoms with Crippen LogP contribution in [0.25, 0.3) is 10.8 Å². The quantitative estimate of drug-likeness (QED) is 0.806. The first kappa shape index (κ1) is 11.0. The van der Waals surface area contributed by atoms with Gasteiger partial charge in [0, 0.05) is 23.5 Å². The van der Waals surface area contributed by atoms with Gasteiger partial charge in [0.2, 0.25) is 0 Å². The van der Waals surface area contributed by atoms with E-state index in [4.69, 9.17) is 11.6 Å². The number of nitrogens with one attached hydrogen (secondary N) is 1. The average molecular weight is 237 g/mol. The monoisotopic (exact) mass is 236 g/mol. The lowest BCUT2D eigenvalue weighted by Crippen LogP contribution is -2.17. The van der Waals surface area contributed by atoms with Crippen LogP contribution in [0.2, 0.25) is 0 Å². The number of phenolic OH excluding ortho intramolecular Hbond substituents is 1. The lowest BCUT2D eigenvalue weighted by Gasteiger charge is -2.13. The maximum Gasteiger partial charge on any atom is 0.134 e. The van der Waals surface area contributed by atoms with E-state index in [-0.39, 0.29) is 11.8 Å². The van der Waals surface area contributed by atoms with Crippen molar-refractivity contribution in [1.82, 2.24) is 4.98 Å². The second-order valence-electron chi connectivity index (χ2n) is 3.76. The van der Waals surface area contributed by atoms with Crippen LogP contribution in [0.1, 0.15) is 6.92 Å². The summed E-state index contributed by atoms with van der Waals surface area (Å²) >= 11 is 5.74. The van der Waals surface area contributed by atoms with E-state index >= 15 is 0 Å². The van der Waals surface area contributed by atoms with Crippen molar-refractivity contribution in [3.63, 3.8) is 0 Å². The molecule has 1 aromatic heterocycles. The molecule has 4 heteroatoms. The van der Waals surface area contributed by atoms with Crippen LogP contribution in [-0.2, 0) is 0 Å². The molecular formula is C12H13ClN2O. The number of anilines is 1. The first-order valence-corrected chi connectivity index (χ1v) is 5.64. The van der Waals surface area contributed by atoms with Gasteiger partial charge in [0.05, 0.1) is 0 Å². The van der Waals surface area contributed by atoms with E-state index in [1.807, 2.05) is 19.1 Å². The highest BCUT2D eigenvalue weighted by Crippen LogP contribution is 2.25. The van der Waals surface area contributed by atoms with Gasteiger partial charge in [0.25, 0.3) is 0 Å². The van der Waals surface area contributed by atoms with Gasteiger partial charge in [0.15, 0.2) is 0 Å². The Bertz CT molecular complexity index is 501. The molecule has 0 spiro atoms. The lowest BCUT2D eigenvalue weighted by atomic mass is 10.1. The summed E-state index contributed by atoms with van der Waals surface area (Å²) in [5.74, 6) is 1.50. The van der Waals surface area contributed by atoms with Gasteiger partial charge in [-0.25, -0.2) is 4.98 Å². The van der Waals surface area contributed by atoms with Crippen molar-refractivity contribution in [3.8, 4) is 5.75 Å². The number of hydrogen-bond donors (Lipinski definition) is 2. The van der Waals surface area contributed by atoms with Crippen LogP contribution in [0.4, 0.5) is 5.82 Å². The number of aromatic hydroxyl groups is 1. The molecule has 16 heavy (non-hydrogen) atoms. The largest absolute Gasteiger partial charge is 0.508 e. The summed E-state index contributed by atoms with van der Waals surface area (Å²) in [6.07, 6.45) is 1.74. The molecule has 0 saturated heterocycles. The summed E-state index contributed by atoms with van der Waals surface area (Å²) in [5, 5.41) is 14.6. The summed E-state index contributed by atoms with van der Waals surface area (Å²) in [6, 6.07) is 7.28. The summed E-state index contributed by atoms with van der Waals surface area (Å²) < 4.78 is 0. The number of halogens is 1. The third-order valence-corrected chi connectivity index (χ3v) is 2.83. The highest BCUT2D eigenvalue weighted by molar-refractivity contribution is 6.18. The highest BCUT2D eigenvalue weighted by atomic mass is 35.5. The molecule has 2 aromatic rings. The molecule has 1 atom stereocenters. The van der Waals surface area contributed by atoms with Gasteiger partial charge in [-0.05, 0) is 30.5 Å². The van der Waals surface area contributed by atoms with Crippen LogP contribution in [0, 0.1) is 0 Å². The normalized spacial score (nSPS) is 12.6. The molecule has 1 heterocycles. The molecule has 3 nitrogen and oxygen atoms in total. The predicted octanol–water partition coefficient (Wildman–Crippen LogP) is 2.98. The average Bonchev–Trinajstić information content (AvgIpc) is 2.29. The zero-order valence-electron chi connectivity index (χ0n) is 8.94. The Morgan fingerprint density at radius 1 is 1.44 bits per heavy atom. The summed E-state index contributed by atoms with van der Waals surface area (Å²) in [5.41, 5.74) is 0. The fourth-order valence-corrected chi connectivity index (χ4v) is 1.62. The summed E-state index contributed by atoms with van der Waals surface area (Å²) in [6.45, 7) is 1.98. The number of alkyl halides is 1. The molecular weight excluding hydrogens is 224 g/mol. The Morgan fingerprint density at radius 3 is 3.00 bits per heavy atom. The van der Waals surface area contributed by atoms with Crippen molar-refractivity contribution in [2.24, 2.45) is 0 Å². The van der Waals surface area contributed by atoms with Gasteiger partial charge in [0.1, 0.15) is 11.6 Å². The first-order valence-electron chi connectivity index (χ1n) is 5.11. The number of phenols is 1. The molecule has 2 N–H and O–H groups in total. The minimum Gasteiger partial charge on any atom is -0.508 e. The van der Waals surface area contributed by atoms with E-state index in [9.17, 15) is 5.11 Å². The molecule has 0 bridgehead atoms. The molecule has 0 aliphatic rings. The predicted molar refractivity (Wildman–Crippen MR) is 67.2 cm³/mol. The maximum atomic E-state index is 9.46. The number of nitrogens with zero attached hydrogens (tertiary/aromatic N) is 1. The van der Waals surface area contributed by atoms with Crippen LogP contribution < -0.4 is 5.32 Å². The fourth-order valence-electron chi connectivity index (χ4n) is 1.54. The number of pyridine rings is 1. The van der Waals surface area contributed by atoms with Crippen molar-refractivity contribution < 1.29 is 5.11 Å². The van der Waals surface area contributed by atoms with E-state index in [0.29, 0.717) is 5.88 Å². The fraction of sp³-hybridized carbons (Fsp3) is 0.250. The molecule has 1 aromatic carbocycles. The number of aromatic nitrogens is 1. The number of rotatable bonds is 3. The van der Waals surface area contributed by atoms with Crippen molar-refractivity contribution in [1.29, 1.82) is 0 Å². The minimum absolute atomic E-state index is 0.141. The number of benzene rings is 1. The number of fused-ring (bicyclic) bond motifs is 1. The maximum absolute atomic E-state index is 9.46. The summed E-state index contributed by atoms with van der Waals surface area (Å²) in [4.78, 5) is 4.26. The highest BCUT2D eigenvalue weighted by Gasteiger charge is 2.06. The topological polar surface area (TPSA) is 45.2 Å². The Hall–Kier alpha value is -1.48. The molecule has 0 aliphatic carbocycles. The number of hydrogen-bond acceptors (Lipinski definition) is 3. The molecule has 84 valence electrons. The van der Waals surface area contributed by atoms with E-state index in [0.717, 1.165) is 16.6 Å². The van der Waals surface area contributed by atoms with Gasteiger partial charge in [-0.3, -0.25) is 0 Å². The Morgan fingerprint density at radius 2 is 2.25 bits per heavy atom. The van der Waals surface area contributed by atoms with E-state index < -0.39 is 0 Å². The SMILES string of the molecule is CC(CCl)Nc1nccc2ccc(O)cc12. The van der Waals surface area contributed by atoms with Gasteiger partial charge >= 0.3 is 0 Å². The smallest absolute Gasteiger partial charge is 0.134 e.